The van der Waals surface area contributed by atoms with Crippen molar-refractivity contribution < 1.29 is 0 Å². The molecule has 0 saturated carbocycles. The Morgan fingerprint density at radius 2 is 2.24 bits per heavy atom. The van der Waals surface area contributed by atoms with Gasteiger partial charge in [0.15, 0.2) is 0 Å². The fourth-order valence-electron chi connectivity index (χ4n) is 2.48. The molecule has 2 atom stereocenters. The zero-order chi connectivity index (χ0) is 12.4. The maximum Gasteiger partial charge on any atom is 0.103 e. The number of benzene rings is 1. The summed E-state index contributed by atoms with van der Waals surface area (Å²) in [5.41, 5.74) is 7.74. The largest absolute Gasteiger partial charge is 0.369 e. The van der Waals surface area contributed by atoms with Crippen molar-refractivity contribution in [3.63, 3.8) is 0 Å². The van der Waals surface area contributed by atoms with E-state index in [2.05, 4.69) is 33.8 Å². The molecule has 0 bridgehead atoms. The monoisotopic (exact) mass is 293 g/mol. The number of hydrogen-bond acceptors (Lipinski definition) is 3. The van der Waals surface area contributed by atoms with Crippen molar-refractivity contribution in [2.75, 3.05) is 18.0 Å². The molecule has 3 nitrogen and oxygen atoms in total. The Balaban J connectivity index is 2.34. The van der Waals surface area contributed by atoms with E-state index in [0.29, 0.717) is 11.5 Å². The van der Waals surface area contributed by atoms with Gasteiger partial charge >= 0.3 is 0 Å². The summed E-state index contributed by atoms with van der Waals surface area (Å²) in [6.07, 6.45) is 1.06. The minimum Gasteiger partial charge on any atom is -0.369 e. The Morgan fingerprint density at radius 3 is 2.88 bits per heavy atom. The van der Waals surface area contributed by atoms with Gasteiger partial charge < -0.3 is 10.6 Å². The number of nitrogens with two attached hydrogens (primary N) is 1. The predicted octanol–water partition coefficient (Wildman–Crippen LogP) is 2.49. The number of piperidine rings is 1. The third-order valence-electron chi connectivity index (χ3n) is 3.14. The van der Waals surface area contributed by atoms with E-state index in [9.17, 15) is 5.26 Å². The van der Waals surface area contributed by atoms with Crippen LogP contribution >= 0.6 is 15.9 Å². The highest BCUT2D eigenvalue weighted by atomic mass is 79.9. The normalized spacial score (nSPS) is 24.5. The van der Waals surface area contributed by atoms with Gasteiger partial charge in [-0.3, -0.25) is 0 Å². The zero-order valence-electron chi connectivity index (χ0n) is 9.86. The summed E-state index contributed by atoms with van der Waals surface area (Å²) < 4.78 is 0.851. The molecule has 0 amide bonds. The summed E-state index contributed by atoms with van der Waals surface area (Å²) >= 11 is 3.42. The molecule has 1 heterocycles. The van der Waals surface area contributed by atoms with Gasteiger partial charge in [-0.2, -0.15) is 5.26 Å². The molecule has 2 rings (SSSR count). The molecule has 2 N–H and O–H groups in total. The highest BCUT2D eigenvalue weighted by molar-refractivity contribution is 9.10. The topological polar surface area (TPSA) is 53.0 Å². The maximum atomic E-state index is 9.22. The lowest BCUT2D eigenvalue weighted by Crippen LogP contribution is -2.46. The summed E-state index contributed by atoms with van der Waals surface area (Å²) in [7, 11) is 0. The first-order valence-corrected chi connectivity index (χ1v) is 6.60. The van der Waals surface area contributed by atoms with Gasteiger partial charge in [-0.25, -0.2) is 0 Å². The van der Waals surface area contributed by atoms with Crippen molar-refractivity contribution in [1.29, 1.82) is 5.26 Å². The van der Waals surface area contributed by atoms with Gasteiger partial charge in [0.05, 0.1) is 11.3 Å². The molecular weight excluding hydrogens is 278 g/mol. The molecule has 1 saturated heterocycles. The minimum atomic E-state index is 0.198. The molecule has 1 aromatic carbocycles. The molecule has 1 aliphatic rings. The average Bonchev–Trinajstić information content (AvgIpc) is 2.27. The number of hydrogen-bond donors (Lipinski definition) is 1. The number of anilines is 1. The van der Waals surface area contributed by atoms with E-state index in [1.54, 1.807) is 0 Å². The fraction of sp³-hybridized carbons (Fsp3) is 0.462. The Kier molecular flexibility index (Phi) is 3.70. The van der Waals surface area contributed by atoms with Crippen LogP contribution in [0.25, 0.3) is 0 Å². The van der Waals surface area contributed by atoms with Gasteiger partial charge in [0.1, 0.15) is 6.07 Å². The number of halogens is 1. The third kappa shape index (κ3) is 2.62. The van der Waals surface area contributed by atoms with Crippen molar-refractivity contribution >= 4 is 21.6 Å². The van der Waals surface area contributed by atoms with Crippen LogP contribution in [0.15, 0.2) is 22.7 Å². The van der Waals surface area contributed by atoms with Crippen LogP contribution < -0.4 is 10.6 Å². The predicted molar refractivity (Wildman–Crippen MR) is 72.8 cm³/mol. The van der Waals surface area contributed by atoms with Crippen LogP contribution in [0.2, 0.25) is 0 Å². The smallest absolute Gasteiger partial charge is 0.103 e. The highest BCUT2D eigenvalue weighted by Crippen LogP contribution is 2.30. The number of rotatable bonds is 1. The number of nitriles is 1. The Morgan fingerprint density at radius 1 is 1.47 bits per heavy atom. The molecule has 1 aliphatic heterocycles. The summed E-state index contributed by atoms with van der Waals surface area (Å²) in [5.74, 6) is 0.573. The van der Waals surface area contributed by atoms with Crippen LogP contribution in [-0.2, 0) is 0 Å². The highest BCUT2D eigenvalue weighted by Gasteiger charge is 2.24. The van der Waals surface area contributed by atoms with Gasteiger partial charge in [-0.05, 0) is 40.4 Å². The lowest BCUT2D eigenvalue weighted by Gasteiger charge is -2.36. The first kappa shape index (κ1) is 12.4. The Hall–Kier alpha value is -1.05. The van der Waals surface area contributed by atoms with Crippen molar-refractivity contribution in [2.45, 2.75) is 19.4 Å². The molecule has 4 heteroatoms. The summed E-state index contributed by atoms with van der Waals surface area (Å²) in [6, 6.07) is 8.32. The Bertz CT molecular complexity index is 442. The van der Waals surface area contributed by atoms with Gasteiger partial charge in [0, 0.05) is 23.6 Å². The van der Waals surface area contributed by atoms with Crippen LogP contribution in [0, 0.1) is 17.2 Å². The van der Waals surface area contributed by atoms with Crippen LogP contribution in [0.3, 0.4) is 0 Å². The molecule has 90 valence electrons. The SMILES string of the molecule is CC1CC(N)CN(c2cccc(Br)c2C#N)C1. The van der Waals surface area contributed by atoms with Gasteiger partial charge in [-0.15, -0.1) is 0 Å². The van der Waals surface area contributed by atoms with Gasteiger partial charge in [-0.1, -0.05) is 13.0 Å². The molecule has 1 aromatic rings. The van der Waals surface area contributed by atoms with E-state index in [-0.39, 0.29) is 6.04 Å². The van der Waals surface area contributed by atoms with E-state index >= 15 is 0 Å². The molecule has 17 heavy (non-hydrogen) atoms. The third-order valence-corrected chi connectivity index (χ3v) is 3.80. The molecule has 2 unspecified atom stereocenters. The van der Waals surface area contributed by atoms with Crippen LogP contribution in [0.4, 0.5) is 5.69 Å². The minimum absolute atomic E-state index is 0.198. The average molecular weight is 294 g/mol. The van der Waals surface area contributed by atoms with Crippen LogP contribution in [0.1, 0.15) is 18.9 Å². The zero-order valence-corrected chi connectivity index (χ0v) is 11.4. The number of nitrogens with zero attached hydrogens (tertiary/aromatic N) is 2. The first-order chi connectivity index (χ1) is 8.11. The van der Waals surface area contributed by atoms with Crippen molar-refractivity contribution in [3.05, 3.63) is 28.2 Å². The van der Waals surface area contributed by atoms with Gasteiger partial charge in [0.25, 0.3) is 0 Å². The molecular formula is C13H16BrN3. The lowest BCUT2D eigenvalue weighted by atomic mass is 9.95. The molecule has 0 aromatic heterocycles. The first-order valence-electron chi connectivity index (χ1n) is 5.81. The van der Waals surface area contributed by atoms with Crippen molar-refractivity contribution in [1.82, 2.24) is 0 Å². The molecule has 1 fully saturated rings. The van der Waals surface area contributed by atoms with E-state index in [1.807, 2.05) is 18.2 Å². The lowest BCUT2D eigenvalue weighted by molar-refractivity contribution is 0.401. The van der Waals surface area contributed by atoms with Gasteiger partial charge in [0.2, 0.25) is 0 Å². The van der Waals surface area contributed by atoms with Crippen LogP contribution in [0.5, 0.6) is 0 Å². The quantitative estimate of drug-likeness (QED) is 0.865. The summed E-state index contributed by atoms with van der Waals surface area (Å²) in [4.78, 5) is 2.22. The summed E-state index contributed by atoms with van der Waals surface area (Å²) in [5, 5.41) is 9.22. The second-order valence-electron chi connectivity index (χ2n) is 4.75. The second-order valence-corrected chi connectivity index (χ2v) is 5.61. The fourth-order valence-corrected chi connectivity index (χ4v) is 2.93. The van der Waals surface area contributed by atoms with Crippen molar-refractivity contribution in [3.8, 4) is 6.07 Å². The van der Waals surface area contributed by atoms with Crippen molar-refractivity contribution in [2.24, 2.45) is 11.7 Å². The molecule has 0 radical (unpaired) electrons. The standard InChI is InChI=1S/C13H16BrN3/c1-9-5-10(16)8-17(7-9)13-4-2-3-12(14)11(13)6-15/h2-4,9-10H,5,7-8,16H2,1H3. The van der Waals surface area contributed by atoms with E-state index < -0.39 is 0 Å². The molecule has 0 aliphatic carbocycles. The van der Waals surface area contributed by atoms with E-state index in [0.717, 1.165) is 29.7 Å². The molecule has 0 spiro atoms. The van der Waals surface area contributed by atoms with E-state index in [4.69, 9.17) is 5.73 Å². The second kappa shape index (κ2) is 5.07. The maximum absolute atomic E-state index is 9.22. The van der Waals surface area contributed by atoms with Crippen LogP contribution in [-0.4, -0.2) is 19.1 Å². The Labute approximate surface area is 110 Å². The summed E-state index contributed by atoms with van der Waals surface area (Å²) in [6.45, 7) is 4.00. The van der Waals surface area contributed by atoms with E-state index in [1.165, 1.54) is 0 Å².